The van der Waals surface area contributed by atoms with Gasteiger partial charge in [0.1, 0.15) is 17.7 Å². The van der Waals surface area contributed by atoms with Crippen molar-refractivity contribution in [2.75, 3.05) is 13.6 Å². The van der Waals surface area contributed by atoms with Crippen LogP contribution in [0.1, 0.15) is 18.1 Å². The van der Waals surface area contributed by atoms with Crippen molar-refractivity contribution in [2.24, 2.45) is 4.99 Å². The maximum atomic E-state index is 13.9. The van der Waals surface area contributed by atoms with Crippen LogP contribution in [-0.4, -0.2) is 25.7 Å². The van der Waals surface area contributed by atoms with Gasteiger partial charge in [-0.1, -0.05) is 18.2 Å². The molecule has 0 aromatic heterocycles. The van der Waals surface area contributed by atoms with E-state index in [1.165, 1.54) is 6.07 Å². The number of aliphatic imine (C=N–C) groups is 1. The first-order valence-corrected chi connectivity index (χ1v) is 8.87. The molecule has 0 bridgehead atoms. The van der Waals surface area contributed by atoms with Crippen LogP contribution >= 0.6 is 39.9 Å². The number of halogens is 3. The molecule has 0 heterocycles. The van der Waals surface area contributed by atoms with Crippen LogP contribution in [0, 0.1) is 17.1 Å². The number of hydrogen-bond acceptors (Lipinski definition) is 3. The highest BCUT2D eigenvalue weighted by Gasteiger charge is 2.09. The fourth-order valence-corrected chi connectivity index (χ4v) is 2.58. The van der Waals surface area contributed by atoms with Gasteiger partial charge in [-0.05, 0) is 47.1 Å². The lowest BCUT2D eigenvalue weighted by Crippen LogP contribution is -2.41. The molecule has 2 rings (SSSR count). The summed E-state index contributed by atoms with van der Waals surface area (Å²) in [6, 6.07) is 14.0. The SMILES string of the molecule is CN=C(NCc1ccc(C#N)cc1F)NCC(C)Oc1ccccc1Br.I. The number of ether oxygens (including phenoxy) is 1. The molecular formula is C19H21BrFIN4O. The van der Waals surface area contributed by atoms with Crippen molar-refractivity contribution < 1.29 is 9.13 Å². The minimum absolute atomic E-state index is 0. The number of rotatable bonds is 6. The molecule has 1 atom stereocenters. The van der Waals surface area contributed by atoms with Crippen molar-refractivity contribution in [3.8, 4) is 11.8 Å². The number of nitriles is 1. The smallest absolute Gasteiger partial charge is 0.191 e. The number of nitrogens with zero attached hydrogens (tertiary/aromatic N) is 2. The zero-order chi connectivity index (χ0) is 18.9. The summed E-state index contributed by atoms with van der Waals surface area (Å²) in [5, 5.41) is 15.0. The average Bonchev–Trinajstić information content (AvgIpc) is 2.64. The molecule has 0 aliphatic heterocycles. The van der Waals surface area contributed by atoms with Gasteiger partial charge in [0.2, 0.25) is 0 Å². The van der Waals surface area contributed by atoms with Gasteiger partial charge in [-0.25, -0.2) is 4.39 Å². The van der Waals surface area contributed by atoms with Crippen molar-refractivity contribution in [1.82, 2.24) is 10.6 Å². The third-order valence-corrected chi connectivity index (χ3v) is 4.23. The highest BCUT2D eigenvalue weighted by atomic mass is 127. The van der Waals surface area contributed by atoms with Crippen molar-refractivity contribution in [3.63, 3.8) is 0 Å². The highest BCUT2D eigenvalue weighted by Crippen LogP contribution is 2.24. The standard InChI is InChI=1S/C19H20BrFN4O.HI/c1-13(26-18-6-4-3-5-16(18)20)11-24-19(23-2)25-12-15-8-7-14(10-22)9-17(15)21;/h3-9,13H,11-12H2,1-2H3,(H2,23,24,25);1H. The molecule has 0 aliphatic carbocycles. The monoisotopic (exact) mass is 546 g/mol. The lowest BCUT2D eigenvalue weighted by molar-refractivity contribution is 0.222. The van der Waals surface area contributed by atoms with Gasteiger partial charge in [-0.2, -0.15) is 5.26 Å². The van der Waals surface area contributed by atoms with Crippen molar-refractivity contribution >= 4 is 45.9 Å². The van der Waals surface area contributed by atoms with E-state index in [1.54, 1.807) is 19.2 Å². The first-order valence-electron chi connectivity index (χ1n) is 8.07. The van der Waals surface area contributed by atoms with Crippen molar-refractivity contribution in [1.29, 1.82) is 5.26 Å². The quantitative estimate of drug-likeness (QED) is 0.323. The first-order chi connectivity index (χ1) is 12.5. The predicted molar refractivity (Wildman–Crippen MR) is 119 cm³/mol. The predicted octanol–water partition coefficient (Wildman–Crippen LogP) is 4.21. The maximum Gasteiger partial charge on any atom is 0.191 e. The van der Waals surface area contributed by atoms with Gasteiger partial charge < -0.3 is 15.4 Å². The van der Waals surface area contributed by atoms with Crippen molar-refractivity contribution in [3.05, 3.63) is 63.9 Å². The minimum atomic E-state index is -0.419. The van der Waals surface area contributed by atoms with Gasteiger partial charge in [0.05, 0.1) is 22.7 Å². The molecule has 2 aromatic carbocycles. The Bertz CT molecular complexity index is 826. The van der Waals surface area contributed by atoms with E-state index < -0.39 is 5.82 Å². The van der Waals surface area contributed by atoms with E-state index >= 15 is 0 Å². The summed E-state index contributed by atoms with van der Waals surface area (Å²) in [6.07, 6.45) is -0.0982. The molecule has 5 nitrogen and oxygen atoms in total. The van der Waals surface area contributed by atoms with Crippen LogP contribution in [-0.2, 0) is 6.54 Å². The van der Waals surface area contributed by atoms with E-state index in [9.17, 15) is 4.39 Å². The second kappa shape index (κ2) is 11.8. The molecule has 27 heavy (non-hydrogen) atoms. The summed E-state index contributed by atoms with van der Waals surface area (Å²) >= 11 is 3.45. The maximum absolute atomic E-state index is 13.9. The molecule has 1 unspecified atom stereocenters. The highest BCUT2D eigenvalue weighted by molar-refractivity contribution is 14.0. The van der Waals surface area contributed by atoms with Gasteiger partial charge in [-0.15, -0.1) is 24.0 Å². The first kappa shape index (κ1) is 23.2. The lowest BCUT2D eigenvalue weighted by Gasteiger charge is -2.18. The Hall–Kier alpha value is -1.86. The Balaban J connectivity index is 0.00000364. The molecule has 2 N–H and O–H groups in total. The van der Waals surface area contributed by atoms with Crippen LogP contribution in [0.4, 0.5) is 4.39 Å². The summed E-state index contributed by atoms with van der Waals surface area (Å²) < 4.78 is 20.7. The summed E-state index contributed by atoms with van der Waals surface area (Å²) in [7, 11) is 1.64. The fourth-order valence-electron chi connectivity index (χ4n) is 2.20. The van der Waals surface area contributed by atoms with Crippen LogP contribution in [0.15, 0.2) is 51.9 Å². The Morgan fingerprint density at radius 1 is 1.30 bits per heavy atom. The molecule has 0 saturated heterocycles. The Labute approximate surface area is 184 Å². The van der Waals surface area contributed by atoms with E-state index in [-0.39, 0.29) is 36.6 Å². The summed E-state index contributed by atoms with van der Waals surface area (Å²) in [5.74, 6) is 0.887. The summed E-state index contributed by atoms with van der Waals surface area (Å²) in [5.41, 5.74) is 0.760. The topological polar surface area (TPSA) is 69.4 Å². The Morgan fingerprint density at radius 2 is 2.04 bits per heavy atom. The molecule has 0 saturated carbocycles. The van der Waals surface area contributed by atoms with Crippen LogP contribution in [0.5, 0.6) is 5.75 Å². The zero-order valence-electron chi connectivity index (χ0n) is 15.0. The molecule has 0 aliphatic rings. The van der Waals surface area contributed by atoms with Gasteiger partial charge in [0.25, 0.3) is 0 Å². The molecule has 0 fully saturated rings. The van der Waals surface area contributed by atoms with Gasteiger partial charge >= 0.3 is 0 Å². The average molecular weight is 547 g/mol. The molecular weight excluding hydrogens is 526 g/mol. The number of nitrogens with one attached hydrogen (secondary N) is 2. The Morgan fingerprint density at radius 3 is 2.67 bits per heavy atom. The number of benzene rings is 2. The second-order valence-corrected chi connectivity index (χ2v) is 6.44. The van der Waals surface area contributed by atoms with Gasteiger partial charge in [-0.3, -0.25) is 4.99 Å². The Kier molecular flexibility index (Phi) is 10.1. The molecule has 8 heteroatoms. The molecule has 144 valence electrons. The van der Waals surface area contributed by atoms with Crippen LogP contribution in [0.25, 0.3) is 0 Å². The molecule has 0 radical (unpaired) electrons. The molecule has 0 amide bonds. The van der Waals surface area contributed by atoms with Crippen LogP contribution < -0.4 is 15.4 Å². The summed E-state index contributed by atoms with van der Waals surface area (Å²) in [4.78, 5) is 4.12. The van der Waals surface area contributed by atoms with E-state index in [1.807, 2.05) is 37.3 Å². The summed E-state index contributed by atoms with van der Waals surface area (Å²) in [6.45, 7) is 2.73. The van der Waals surface area contributed by atoms with Crippen LogP contribution in [0.3, 0.4) is 0 Å². The second-order valence-electron chi connectivity index (χ2n) is 5.58. The van der Waals surface area contributed by atoms with E-state index in [2.05, 4.69) is 31.6 Å². The fraction of sp³-hybridized carbons (Fsp3) is 0.263. The largest absolute Gasteiger partial charge is 0.488 e. The molecule has 2 aromatic rings. The normalized spacial score (nSPS) is 11.7. The number of para-hydroxylation sites is 1. The third-order valence-electron chi connectivity index (χ3n) is 3.57. The zero-order valence-corrected chi connectivity index (χ0v) is 18.9. The van der Waals surface area contributed by atoms with E-state index in [0.29, 0.717) is 23.6 Å². The van der Waals surface area contributed by atoms with Crippen molar-refractivity contribution in [2.45, 2.75) is 19.6 Å². The van der Waals surface area contributed by atoms with Crippen LogP contribution in [0.2, 0.25) is 0 Å². The van der Waals surface area contributed by atoms with E-state index in [0.717, 1.165) is 10.2 Å². The van der Waals surface area contributed by atoms with Gasteiger partial charge in [0.15, 0.2) is 5.96 Å². The van der Waals surface area contributed by atoms with E-state index in [4.69, 9.17) is 10.00 Å². The third kappa shape index (κ3) is 7.34. The minimum Gasteiger partial charge on any atom is -0.488 e. The number of hydrogen-bond donors (Lipinski definition) is 2. The lowest BCUT2D eigenvalue weighted by atomic mass is 10.1. The molecule has 0 spiro atoms. The number of guanidine groups is 1. The van der Waals surface area contributed by atoms with Gasteiger partial charge in [0, 0.05) is 19.2 Å².